The van der Waals surface area contributed by atoms with E-state index in [4.69, 9.17) is 0 Å². The van der Waals surface area contributed by atoms with Crippen molar-refractivity contribution in [1.29, 1.82) is 0 Å². The number of carbonyl (C=O) groups is 1. The number of hydrogen-bond acceptors (Lipinski definition) is 2. The first-order valence-corrected chi connectivity index (χ1v) is 1.19. The third-order valence-corrected chi connectivity index (χ3v) is 0.201. The highest BCUT2D eigenvalue weighted by Crippen LogP contribution is 1.48. The maximum atomic E-state index is 9.47. The second-order valence-corrected chi connectivity index (χ2v) is 0.606. The van der Waals surface area contributed by atoms with Gasteiger partial charge in [0.2, 0.25) is 5.91 Å². The lowest BCUT2D eigenvalue weighted by molar-refractivity contribution is -0.113. The van der Waals surface area contributed by atoms with Crippen LogP contribution >= 0.6 is 0 Å². The molecule has 0 heterocycles. The van der Waals surface area contributed by atoms with Crippen molar-refractivity contribution in [3.05, 3.63) is 12.7 Å². The number of amides is 1. The Labute approximate surface area is 36.4 Å². The van der Waals surface area contributed by atoms with Crippen LogP contribution in [0.15, 0.2) is 12.7 Å². The molecule has 36 valence electrons. The van der Waals surface area contributed by atoms with Gasteiger partial charge in [0.05, 0.1) is 0 Å². The summed E-state index contributed by atoms with van der Waals surface area (Å²) in [6.45, 7) is 3.09. The molecule has 0 aliphatic carbocycles. The molecule has 6 heavy (non-hydrogen) atoms. The molecule has 3 nitrogen and oxygen atoms in total. The van der Waals surface area contributed by atoms with E-state index in [9.17, 15) is 4.79 Å². The molecular formula is C3H8N2O. The lowest BCUT2D eigenvalue weighted by Gasteiger charge is -1.65. The molecule has 0 saturated carbocycles. The summed E-state index contributed by atoms with van der Waals surface area (Å²) in [6, 6.07) is 0. The van der Waals surface area contributed by atoms with Gasteiger partial charge in [-0.25, -0.2) is 0 Å². The first-order valence-electron chi connectivity index (χ1n) is 1.19. The van der Waals surface area contributed by atoms with E-state index >= 15 is 0 Å². The van der Waals surface area contributed by atoms with Crippen molar-refractivity contribution < 1.29 is 4.79 Å². The number of hydrogen-bond donors (Lipinski definition) is 2. The summed E-state index contributed by atoms with van der Waals surface area (Å²) in [4.78, 5) is 9.47. The molecular weight excluding hydrogens is 80.0 g/mol. The van der Waals surface area contributed by atoms with E-state index < -0.39 is 5.91 Å². The maximum Gasteiger partial charge on any atom is 0.240 e. The van der Waals surface area contributed by atoms with Crippen molar-refractivity contribution >= 4 is 5.91 Å². The van der Waals surface area contributed by atoms with Crippen molar-refractivity contribution in [2.75, 3.05) is 0 Å². The molecule has 0 aliphatic rings. The van der Waals surface area contributed by atoms with Gasteiger partial charge in [-0.1, -0.05) is 6.58 Å². The van der Waals surface area contributed by atoms with Gasteiger partial charge in [-0.15, -0.1) is 0 Å². The SMILES string of the molecule is C=CC(N)=O.N. The van der Waals surface area contributed by atoms with Crippen LogP contribution in [0.3, 0.4) is 0 Å². The minimum atomic E-state index is -0.481. The topological polar surface area (TPSA) is 78.1 Å². The van der Waals surface area contributed by atoms with E-state index in [0.717, 1.165) is 6.08 Å². The number of rotatable bonds is 1. The Bertz CT molecular complexity index is 59.8. The van der Waals surface area contributed by atoms with E-state index in [2.05, 4.69) is 12.3 Å². The van der Waals surface area contributed by atoms with Crippen molar-refractivity contribution in [1.82, 2.24) is 6.15 Å². The zero-order valence-corrected chi connectivity index (χ0v) is 3.48. The van der Waals surface area contributed by atoms with E-state index in [1.807, 2.05) is 0 Å². The summed E-state index contributed by atoms with van der Waals surface area (Å²) >= 11 is 0. The molecule has 0 aromatic carbocycles. The minimum absolute atomic E-state index is 0. The normalized spacial score (nSPS) is 5.33. The highest BCUT2D eigenvalue weighted by atomic mass is 16.1. The fourth-order valence-corrected chi connectivity index (χ4v) is 0. The van der Waals surface area contributed by atoms with Crippen LogP contribution in [0.25, 0.3) is 0 Å². The van der Waals surface area contributed by atoms with Crippen LogP contribution in [0.2, 0.25) is 0 Å². The Morgan fingerprint density at radius 2 is 2.00 bits per heavy atom. The van der Waals surface area contributed by atoms with Gasteiger partial charge in [0.1, 0.15) is 0 Å². The van der Waals surface area contributed by atoms with Crippen molar-refractivity contribution in [2.45, 2.75) is 0 Å². The van der Waals surface area contributed by atoms with Crippen LogP contribution in [-0.2, 0) is 4.79 Å². The molecule has 0 spiro atoms. The Morgan fingerprint density at radius 3 is 2.00 bits per heavy atom. The summed E-state index contributed by atoms with van der Waals surface area (Å²) in [6.07, 6.45) is 1.06. The average Bonchev–Trinajstić information content (AvgIpc) is 1.38. The van der Waals surface area contributed by atoms with E-state index in [0.29, 0.717) is 0 Å². The van der Waals surface area contributed by atoms with Crippen molar-refractivity contribution in [2.24, 2.45) is 5.73 Å². The van der Waals surface area contributed by atoms with Crippen molar-refractivity contribution in [3.8, 4) is 0 Å². The number of nitrogens with two attached hydrogens (primary N) is 1. The monoisotopic (exact) mass is 88.1 g/mol. The van der Waals surface area contributed by atoms with Gasteiger partial charge in [-0.3, -0.25) is 4.79 Å². The quantitative estimate of drug-likeness (QED) is 0.436. The smallest absolute Gasteiger partial charge is 0.240 e. The van der Waals surface area contributed by atoms with Crippen LogP contribution in [0.5, 0.6) is 0 Å². The fourth-order valence-electron chi connectivity index (χ4n) is 0. The van der Waals surface area contributed by atoms with E-state index in [-0.39, 0.29) is 6.15 Å². The lowest BCUT2D eigenvalue weighted by atomic mass is 10.6. The zero-order chi connectivity index (χ0) is 4.28. The fraction of sp³-hybridized carbons (Fsp3) is 0. The minimum Gasteiger partial charge on any atom is -0.366 e. The second-order valence-electron chi connectivity index (χ2n) is 0.606. The van der Waals surface area contributed by atoms with Crippen LogP contribution < -0.4 is 11.9 Å². The van der Waals surface area contributed by atoms with Gasteiger partial charge in [0.15, 0.2) is 0 Å². The summed E-state index contributed by atoms with van der Waals surface area (Å²) in [5.74, 6) is -0.481. The molecule has 5 N–H and O–H groups in total. The van der Waals surface area contributed by atoms with Crippen molar-refractivity contribution in [3.63, 3.8) is 0 Å². The molecule has 3 heteroatoms. The first-order chi connectivity index (χ1) is 2.27. The van der Waals surface area contributed by atoms with Gasteiger partial charge >= 0.3 is 0 Å². The third-order valence-electron chi connectivity index (χ3n) is 0.201. The maximum absolute atomic E-state index is 9.47. The first kappa shape index (κ1) is 8.95. The van der Waals surface area contributed by atoms with Crippen LogP contribution in [0, 0.1) is 0 Å². The molecule has 0 aliphatic heterocycles. The predicted molar refractivity (Wildman–Crippen MR) is 24.4 cm³/mol. The van der Waals surface area contributed by atoms with Gasteiger partial charge < -0.3 is 11.9 Å². The number of carbonyl (C=O) groups excluding carboxylic acids is 1. The standard InChI is InChI=1S/C3H5NO.H3N/c1-2-3(4)5;/h2H,1H2,(H2,4,5);1H3. The predicted octanol–water partition coefficient (Wildman–Crippen LogP) is -0.180. The molecule has 0 saturated heterocycles. The molecule has 0 radical (unpaired) electrons. The van der Waals surface area contributed by atoms with Gasteiger partial charge in [-0.05, 0) is 6.08 Å². The van der Waals surface area contributed by atoms with Gasteiger partial charge in [-0.2, -0.15) is 0 Å². The van der Waals surface area contributed by atoms with Crippen LogP contribution in [-0.4, -0.2) is 5.91 Å². The van der Waals surface area contributed by atoms with Crippen LogP contribution in [0.1, 0.15) is 0 Å². The average molecular weight is 88.1 g/mol. The second kappa shape index (κ2) is 4.17. The molecule has 1 amide bonds. The summed E-state index contributed by atoms with van der Waals surface area (Å²) < 4.78 is 0. The molecule has 0 fully saturated rings. The molecule has 0 aromatic rings. The summed E-state index contributed by atoms with van der Waals surface area (Å²) in [5, 5.41) is 0. The molecule has 0 atom stereocenters. The van der Waals surface area contributed by atoms with Gasteiger partial charge in [0, 0.05) is 0 Å². The Hall–Kier alpha value is -0.830. The zero-order valence-electron chi connectivity index (χ0n) is 3.48. The highest BCUT2D eigenvalue weighted by molar-refractivity contribution is 5.84. The molecule has 0 rings (SSSR count). The lowest BCUT2D eigenvalue weighted by Crippen LogP contribution is -2.04. The van der Waals surface area contributed by atoms with E-state index in [1.54, 1.807) is 0 Å². The van der Waals surface area contributed by atoms with Crippen LogP contribution in [0.4, 0.5) is 0 Å². The largest absolute Gasteiger partial charge is 0.366 e. The Morgan fingerprint density at radius 1 is 1.83 bits per heavy atom. The summed E-state index contributed by atoms with van der Waals surface area (Å²) in [7, 11) is 0. The number of primary amides is 1. The summed E-state index contributed by atoms with van der Waals surface area (Å²) in [5.41, 5.74) is 4.53. The Kier molecular flexibility index (Phi) is 6.22. The van der Waals surface area contributed by atoms with E-state index in [1.165, 1.54) is 0 Å². The molecule has 0 aromatic heterocycles. The molecule has 0 unspecified atom stereocenters. The molecule has 0 bridgehead atoms. The Balaban J connectivity index is 0. The highest BCUT2D eigenvalue weighted by Gasteiger charge is 1.69. The van der Waals surface area contributed by atoms with Gasteiger partial charge in [0.25, 0.3) is 0 Å². The third kappa shape index (κ3) is 10.9.